The van der Waals surface area contributed by atoms with Crippen molar-refractivity contribution in [2.24, 2.45) is 5.84 Å². The maximum atomic E-state index is 13.4. The summed E-state index contributed by atoms with van der Waals surface area (Å²) < 4.78 is 19.7. The van der Waals surface area contributed by atoms with Gasteiger partial charge in [0.05, 0.1) is 21.8 Å². The van der Waals surface area contributed by atoms with Crippen molar-refractivity contribution < 1.29 is 9.13 Å². The highest BCUT2D eigenvalue weighted by Gasteiger charge is 2.22. The number of nitrogens with two attached hydrogens (primary N) is 1. The lowest BCUT2D eigenvalue weighted by Gasteiger charge is -2.18. The van der Waals surface area contributed by atoms with Crippen LogP contribution in [0.25, 0.3) is 0 Å². The quantitative estimate of drug-likeness (QED) is 0.666. The van der Waals surface area contributed by atoms with Crippen molar-refractivity contribution in [2.75, 3.05) is 7.11 Å². The number of ether oxygens (including phenoxy) is 1. The SMILES string of the molecule is COc1ccc(F)cc1C(NN)c1cc(Cl)sc1Cl. The first kappa shape index (κ1) is 14.6. The van der Waals surface area contributed by atoms with Gasteiger partial charge in [0.1, 0.15) is 11.6 Å². The molecule has 102 valence electrons. The van der Waals surface area contributed by atoms with Gasteiger partial charge in [-0.15, -0.1) is 11.3 Å². The molecule has 2 aromatic rings. The Balaban J connectivity index is 2.53. The van der Waals surface area contributed by atoms with Crippen molar-refractivity contribution in [1.29, 1.82) is 0 Å². The molecule has 1 aromatic heterocycles. The summed E-state index contributed by atoms with van der Waals surface area (Å²) in [4.78, 5) is 0. The molecule has 3 nitrogen and oxygen atoms in total. The van der Waals surface area contributed by atoms with Gasteiger partial charge >= 0.3 is 0 Å². The first-order valence-corrected chi connectivity index (χ1v) is 6.88. The van der Waals surface area contributed by atoms with Crippen LogP contribution in [0.5, 0.6) is 5.75 Å². The molecule has 0 saturated heterocycles. The van der Waals surface area contributed by atoms with Gasteiger partial charge in [0.15, 0.2) is 0 Å². The Hall–Kier alpha value is -0.850. The minimum absolute atomic E-state index is 0.381. The van der Waals surface area contributed by atoms with Gasteiger partial charge in [-0.25, -0.2) is 9.82 Å². The van der Waals surface area contributed by atoms with Crippen molar-refractivity contribution in [3.63, 3.8) is 0 Å². The van der Waals surface area contributed by atoms with Crippen molar-refractivity contribution >= 4 is 34.5 Å². The van der Waals surface area contributed by atoms with E-state index < -0.39 is 6.04 Å². The van der Waals surface area contributed by atoms with E-state index in [1.807, 2.05) is 0 Å². The number of thiophene rings is 1. The normalized spacial score (nSPS) is 12.5. The number of hydrogen-bond acceptors (Lipinski definition) is 4. The zero-order chi connectivity index (χ0) is 14.0. The van der Waals surface area contributed by atoms with E-state index in [4.69, 9.17) is 33.8 Å². The third-order valence-corrected chi connectivity index (χ3v) is 4.18. The third-order valence-electron chi connectivity index (χ3n) is 2.66. The molecule has 19 heavy (non-hydrogen) atoms. The number of nitrogens with one attached hydrogen (secondary N) is 1. The van der Waals surface area contributed by atoms with Crippen LogP contribution < -0.4 is 16.0 Å². The summed E-state index contributed by atoms with van der Waals surface area (Å²) in [5, 5.41) is 0. The minimum Gasteiger partial charge on any atom is -0.496 e. The van der Waals surface area contributed by atoms with Crippen LogP contribution in [-0.4, -0.2) is 7.11 Å². The zero-order valence-corrected chi connectivity index (χ0v) is 12.2. The van der Waals surface area contributed by atoms with E-state index in [1.54, 1.807) is 6.07 Å². The second-order valence-corrected chi connectivity index (χ2v) is 6.05. The summed E-state index contributed by atoms with van der Waals surface area (Å²) in [7, 11) is 1.51. The Bertz CT molecular complexity index is 591. The summed E-state index contributed by atoms with van der Waals surface area (Å²) in [6.45, 7) is 0. The lowest BCUT2D eigenvalue weighted by Crippen LogP contribution is -2.29. The van der Waals surface area contributed by atoms with Gasteiger partial charge in [0.25, 0.3) is 0 Å². The lowest BCUT2D eigenvalue weighted by atomic mass is 10.0. The molecule has 0 amide bonds. The van der Waals surface area contributed by atoms with Crippen LogP contribution >= 0.6 is 34.5 Å². The summed E-state index contributed by atoms with van der Waals surface area (Å²) >= 11 is 13.3. The molecule has 2 rings (SSSR count). The molecule has 3 N–H and O–H groups in total. The van der Waals surface area contributed by atoms with Gasteiger partial charge in [0.2, 0.25) is 0 Å². The van der Waals surface area contributed by atoms with Crippen molar-refractivity contribution in [1.82, 2.24) is 5.43 Å². The van der Waals surface area contributed by atoms with Gasteiger partial charge < -0.3 is 4.74 Å². The van der Waals surface area contributed by atoms with Crippen LogP contribution in [0.2, 0.25) is 8.67 Å². The summed E-state index contributed by atoms with van der Waals surface area (Å²) in [6, 6.07) is 5.41. The van der Waals surface area contributed by atoms with E-state index in [2.05, 4.69) is 5.43 Å². The second kappa shape index (κ2) is 6.07. The molecule has 0 fully saturated rings. The van der Waals surface area contributed by atoms with Crippen molar-refractivity contribution in [3.8, 4) is 5.75 Å². The van der Waals surface area contributed by atoms with Crippen LogP contribution in [0.3, 0.4) is 0 Å². The maximum absolute atomic E-state index is 13.4. The van der Waals surface area contributed by atoms with Gasteiger partial charge in [-0.3, -0.25) is 5.84 Å². The van der Waals surface area contributed by atoms with Crippen molar-refractivity contribution in [3.05, 3.63) is 49.9 Å². The minimum atomic E-state index is -0.498. The fraction of sp³-hybridized carbons (Fsp3) is 0.167. The van der Waals surface area contributed by atoms with Crippen LogP contribution in [0, 0.1) is 5.82 Å². The van der Waals surface area contributed by atoms with Gasteiger partial charge in [-0.05, 0) is 24.3 Å². The molecular formula is C12H11Cl2FN2OS. The molecule has 0 radical (unpaired) electrons. The highest BCUT2D eigenvalue weighted by atomic mass is 35.5. The first-order chi connectivity index (χ1) is 9.06. The summed E-state index contributed by atoms with van der Waals surface area (Å²) in [6.07, 6.45) is 0. The molecule has 1 aromatic carbocycles. The molecule has 0 aliphatic carbocycles. The maximum Gasteiger partial charge on any atom is 0.124 e. The van der Waals surface area contributed by atoms with Gasteiger partial charge in [0, 0.05) is 11.1 Å². The molecule has 0 spiro atoms. The van der Waals surface area contributed by atoms with E-state index in [-0.39, 0.29) is 5.82 Å². The fourth-order valence-electron chi connectivity index (χ4n) is 1.83. The predicted molar refractivity (Wildman–Crippen MR) is 76.5 cm³/mol. The van der Waals surface area contributed by atoms with E-state index >= 15 is 0 Å². The fourth-order valence-corrected chi connectivity index (χ4v) is 3.36. The molecule has 0 aliphatic heterocycles. The Morgan fingerprint density at radius 3 is 2.58 bits per heavy atom. The van der Waals surface area contributed by atoms with Crippen LogP contribution in [0.15, 0.2) is 24.3 Å². The average Bonchev–Trinajstić information content (AvgIpc) is 2.70. The molecule has 0 saturated carbocycles. The van der Waals surface area contributed by atoms with Crippen LogP contribution in [0.4, 0.5) is 4.39 Å². The molecule has 1 unspecified atom stereocenters. The number of rotatable bonds is 4. The van der Waals surface area contributed by atoms with E-state index in [1.165, 1.54) is 36.6 Å². The lowest BCUT2D eigenvalue weighted by molar-refractivity contribution is 0.402. The Labute approximate surface area is 124 Å². The third kappa shape index (κ3) is 3.01. The topological polar surface area (TPSA) is 47.3 Å². The van der Waals surface area contributed by atoms with Crippen LogP contribution in [0.1, 0.15) is 17.2 Å². The summed E-state index contributed by atoms with van der Waals surface area (Å²) in [5.41, 5.74) is 3.85. The van der Waals surface area contributed by atoms with E-state index in [0.717, 1.165) is 0 Å². The molecule has 1 atom stereocenters. The summed E-state index contributed by atoms with van der Waals surface area (Å²) in [5.74, 6) is 5.70. The van der Waals surface area contributed by atoms with Gasteiger partial charge in [-0.1, -0.05) is 23.2 Å². The molecule has 1 heterocycles. The Kier molecular flexibility index (Phi) is 4.65. The monoisotopic (exact) mass is 320 g/mol. The number of hydrogen-bond donors (Lipinski definition) is 2. The van der Waals surface area contributed by atoms with Gasteiger partial charge in [-0.2, -0.15) is 0 Å². The zero-order valence-electron chi connectivity index (χ0n) is 9.91. The van der Waals surface area contributed by atoms with Crippen LogP contribution in [-0.2, 0) is 0 Å². The van der Waals surface area contributed by atoms with E-state index in [0.29, 0.717) is 25.5 Å². The highest BCUT2D eigenvalue weighted by molar-refractivity contribution is 7.20. The van der Waals surface area contributed by atoms with Crippen molar-refractivity contribution in [2.45, 2.75) is 6.04 Å². The standard InChI is InChI=1S/C12H11Cl2FN2OS/c1-18-9-3-2-6(15)4-7(9)11(17-16)8-5-10(13)19-12(8)14/h2-5,11,17H,16H2,1H3. The highest BCUT2D eigenvalue weighted by Crippen LogP contribution is 2.39. The molecule has 0 bridgehead atoms. The largest absolute Gasteiger partial charge is 0.496 e. The first-order valence-electron chi connectivity index (χ1n) is 5.31. The Morgan fingerprint density at radius 2 is 2.05 bits per heavy atom. The molecule has 7 heteroatoms. The second-order valence-electron chi connectivity index (χ2n) is 3.77. The number of benzene rings is 1. The number of halogens is 3. The number of methoxy groups -OCH3 is 1. The Morgan fingerprint density at radius 1 is 1.32 bits per heavy atom. The predicted octanol–water partition coefficient (Wildman–Crippen LogP) is 3.76. The smallest absolute Gasteiger partial charge is 0.124 e. The average molecular weight is 321 g/mol. The van der Waals surface area contributed by atoms with E-state index in [9.17, 15) is 4.39 Å². The number of hydrazine groups is 1. The molecular weight excluding hydrogens is 310 g/mol. The molecule has 0 aliphatic rings.